The van der Waals surface area contributed by atoms with Crippen LogP contribution in [-0.4, -0.2) is 26.1 Å². The second-order valence-corrected chi connectivity index (χ2v) is 8.52. The predicted octanol–water partition coefficient (Wildman–Crippen LogP) is 3.20. The van der Waals surface area contributed by atoms with E-state index in [4.69, 9.17) is 0 Å². The number of benzene rings is 1. The van der Waals surface area contributed by atoms with Crippen LogP contribution in [0.25, 0.3) is 0 Å². The summed E-state index contributed by atoms with van der Waals surface area (Å²) in [7, 11) is -3.36. The number of sulfonamides is 1. The summed E-state index contributed by atoms with van der Waals surface area (Å²) < 4.78 is 27.8. The fourth-order valence-electron chi connectivity index (χ4n) is 3.49. The summed E-state index contributed by atoms with van der Waals surface area (Å²) in [5, 5.41) is -0.297. The third-order valence-corrected chi connectivity index (χ3v) is 6.69. The average Bonchev–Trinajstić information content (AvgIpc) is 2.96. The number of nitrogens with one attached hydrogen (secondary N) is 1. The highest BCUT2D eigenvalue weighted by atomic mass is 32.2. The number of nitrogens with zero attached hydrogens (tertiary/aromatic N) is 1. The van der Waals surface area contributed by atoms with Crippen LogP contribution in [0.1, 0.15) is 50.5 Å². The minimum absolute atomic E-state index is 0.111. The van der Waals surface area contributed by atoms with Gasteiger partial charge in [-0.3, -0.25) is 9.52 Å². The molecule has 1 N–H and O–H groups in total. The molecule has 0 radical (unpaired) electrons. The van der Waals surface area contributed by atoms with Crippen LogP contribution in [0.4, 0.5) is 11.4 Å². The van der Waals surface area contributed by atoms with Gasteiger partial charge in [0.1, 0.15) is 0 Å². The van der Waals surface area contributed by atoms with Gasteiger partial charge in [-0.05, 0) is 43.9 Å². The van der Waals surface area contributed by atoms with Gasteiger partial charge < -0.3 is 4.90 Å². The molecule has 126 valence electrons. The molecule has 23 heavy (non-hydrogen) atoms. The lowest BCUT2D eigenvalue weighted by Crippen LogP contribution is -2.30. The summed E-state index contributed by atoms with van der Waals surface area (Å²) >= 11 is 0. The Morgan fingerprint density at radius 3 is 2.52 bits per heavy atom. The number of aryl methyl sites for hydroxylation is 1. The van der Waals surface area contributed by atoms with Crippen LogP contribution in [0.15, 0.2) is 18.2 Å². The average molecular weight is 336 g/mol. The lowest BCUT2D eigenvalue weighted by Gasteiger charge is -2.23. The van der Waals surface area contributed by atoms with E-state index in [1.165, 1.54) is 0 Å². The van der Waals surface area contributed by atoms with Crippen LogP contribution in [0.3, 0.4) is 0 Å². The van der Waals surface area contributed by atoms with Crippen molar-refractivity contribution in [3.05, 3.63) is 23.8 Å². The van der Waals surface area contributed by atoms with E-state index in [-0.39, 0.29) is 11.2 Å². The summed E-state index contributed by atoms with van der Waals surface area (Å²) in [6.07, 6.45) is 5.98. The quantitative estimate of drug-likeness (QED) is 0.918. The number of carbonyl (C=O) groups is 1. The highest BCUT2D eigenvalue weighted by molar-refractivity contribution is 7.93. The molecule has 1 saturated carbocycles. The first-order chi connectivity index (χ1) is 11.0. The largest absolute Gasteiger partial charge is 0.312 e. The van der Waals surface area contributed by atoms with Crippen molar-refractivity contribution in [2.75, 3.05) is 16.2 Å². The van der Waals surface area contributed by atoms with E-state index in [2.05, 4.69) is 4.72 Å². The van der Waals surface area contributed by atoms with Gasteiger partial charge in [-0.1, -0.05) is 25.3 Å². The second kappa shape index (κ2) is 6.51. The number of carbonyl (C=O) groups excluding carboxylic acids is 1. The van der Waals surface area contributed by atoms with E-state index < -0.39 is 10.0 Å². The Morgan fingerprint density at radius 1 is 1.13 bits per heavy atom. The first-order valence-corrected chi connectivity index (χ1v) is 9.95. The van der Waals surface area contributed by atoms with Crippen LogP contribution in [0.2, 0.25) is 0 Å². The highest BCUT2D eigenvalue weighted by Gasteiger charge is 2.28. The van der Waals surface area contributed by atoms with Crippen LogP contribution in [-0.2, 0) is 14.8 Å². The summed E-state index contributed by atoms with van der Waals surface area (Å²) in [5.74, 6) is 0.111. The molecule has 1 amide bonds. The zero-order chi connectivity index (χ0) is 16.4. The lowest BCUT2D eigenvalue weighted by atomic mass is 10.0. The Balaban J connectivity index is 1.82. The third-order valence-electron chi connectivity index (χ3n) is 4.82. The number of anilines is 2. The van der Waals surface area contributed by atoms with Crippen LogP contribution in [0.5, 0.6) is 0 Å². The zero-order valence-corrected chi connectivity index (χ0v) is 14.4. The second-order valence-electron chi connectivity index (χ2n) is 6.56. The maximum atomic E-state index is 12.5. The molecule has 2 aliphatic rings. The van der Waals surface area contributed by atoms with Gasteiger partial charge >= 0.3 is 0 Å². The Hall–Kier alpha value is -1.56. The monoisotopic (exact) mass is 336 g/mol. The number of amides is 1. The molecular weight excluding hydrogens is 312 g/mol. The normalized spacial score (nSPS) is 20.0. The van der Waals surface area contributed by atoms with Gasteiger partial charge in [-0.25, -0.2) is 8.42 Å². The first kappa shape index (κ1) is 16.3. The third kappa shape index (κ3) is 3.52. The minimum atomic E-state index is -3.36. The van der Waals surface area contributed by atoms with E-state index >= 15 is 0 Å². The standard InChI is InChI=1S/C17H24N2O3S/c1-13-9-10-14(12-16(13)19-11-5-8-17(19)20)18-23(21,22)15-6-3-2-4-7-15/h9-10,12,15,18H,2-8,11H2,1H3. The molecule has 0 atom stereocenters. The first-order valence-electron chi connectivity index (χ1n) is 8.40. The summed E-state index contributed by atoms with van der Waals surface area (Å²) in [5.41, 5.74) is 2.35. The van der Waals surface area contributed by atoms with Crippen molar-refractivity contribution in [1.82, 2.24) is 0 Å². The Kier molecular flexibility index (Phi) is 4.62. The van der Waals surface area contributed by atoms with Crippen LogP contribution >= 0.6 is 0 Å². The maximum Gasteiger partial charge on any atom is 0.235 e. The van der Waals surface area contributed by atoms with Crippen molar-refractivity contribution >= 4 is 27.3 Å². The lowest BCUT2D eigenvalue weighted by molar-refractivity contribution is -0.117. The molecule has 1 aromatic rings. The van der Waals surface area contributed by atoms with E-state index in [1.807, 2.05) is 13.0 Å². The molecule has 0 unspecified atom stereocenters. The SMILES string of the molecule is Cc1ccc(NS(=O)(=O)C2CCCCC2)cc1N1CCCC1=O. The molecular formula is C17H24N2O3S. The maximum absolute atomic E-state index is 12.5. The summed E-state index contributed by atoms with van der Waals surface area (Å²) in [4.78, 5) is 13.7. The van der Waals surface area contributed by atoms with Gasteiger partial charge in [-0.15, -0.1) is 0 Å². The Labute approximate surface area is 138 Å². The molecule has 0 aromatic heterocycles. The Bertz CT molecular complexity index is 694. The number of hydrogen-bond acceptors (Lipinski definition) is 3. The van der Waals surface area contributed by atoms with Crippen molar-refractivity contribution < 1.29 is 13.2 Å². The number of rotatable bonds is 4. The van der Waals surface area contributed by atoms with Gasteiger partial charge in [0.2, 0.25) is 15.9 Å². The molecule has 6 heteroatoms. The Morgan fingerprint density at radius 2 is 1.87 bits per heavy atom. The van der Waals surface area contributed by atoms with Gasteiger partial charge in [-0.2, -0.15) is 0 Å². The molecule has 0 bridgehead atoms. The van der Waals surface area contributed by atoms with Gasteiger partial charge in [0, 0.05) is 18.7 Å². The highest BCUT2D eigenvalue weighted by Crippen LogP contribution is 2.30. The number of hydrogen-bond donors (Lipinski definition) is 1. The van der Waals surface area contributed by atoms with Crippen molar-refractivity contribution in [2.24, 2.45) is 0 Å². The van der Waals surface area contributed by atoms with Crippen molar-refractivity contribution in [2.45, 2.75) is 57.1 Å². The topological polar surface area (TPSA) is 66.5 Å². The molecule has 1 aromatic carbocycles. The molecule has 0 spiro atoms. The van der Waals surface area contributed by atoms with E-state index in [0.717, 1.165) is 49.8 Å². The fourth-order valence-corrected chi connectivity index (χ4v) is 5.07. The van der Waals surface area contributed by atoms with Crippen LogP contribution < -0.4 is 9.62 Å². The summed E-state index contributed by atoms with van der Waals surface area (Å²) in [6, 6.07) is 5.44. The van der Waals surface area contributed by atoms with Crippen LogP contribution in [0, 0.1) is 6.92 Å². The van der Waals surface area contributed by atoms with Crippen molar-refractivity contribution in [3.8, 4) is 0 Å². The smallest absolute Gasteiger partial charge is 0.235 e. The van der Waals surface area contributed by atoms with Gasteiger partial charge in [0.15, 0.2) is 0 Å². The molecule has 1 aliphatic heterocycles. The van der Waals surface area contributed by atoms with E-state index in [0.29, 0.717) is 18.7 Å². The van der Waals surface area contributed by atoms with Gasteiger partial charge in [0.25, 0.3) is 0 Å². The molecule has 1 aliphatic carbocycles. The molecule has 5 nitrogen and oxygen atoms in total. The van der Waals surface area contributed by atoms with Crippen molar-refractivity contribution in [1.29, 1.82) is 0 Å². The zero-order valence-electron chi connectivity index (χ0n) is 13.5. The molecule has 1 heterocycles. The fraction of sp³-hybridized carbons (Fsp3) is 0.588. The molecule has 1 saturated heterocycles. The molecule has 3 rings (SSSR count). The van der Waals surface area contributed by atoms with Crippen molar-refractivity contribution in [3.63, 3.8) is 0 Å². The predicted molar refractivity (Wildman–Crippen MR) is 92.2 cm³/mol. The minimum Gasteiger partial charge on any atom is -0.312 e. The van der Waals surface area contributed by atoms with E-state index in [1.54, 1.807) is 17.0 Å². The summed E-state index contributed by atoms with van der Waals surface area (Å²) in [6.45, 7) is 2.65. The van der Waals surface area contributed by atoms with E-state index in [9.17, 15) is 13.2 Å². The molecule has 2 fully saturated rings. The van der Waals surface area contributed by atoms with Gasteiger partial charge in [0.05, 0.1) is 10.9 Å².